The van der Waals surface area contributed by atoms with E-state index in [1.54, 1.807) is 11.3 Å². The summed E-state index contributed by atoms with van der Waals surface area (Å²) < 4.78 is 38.9. The molecule has 0 aliphatic carbocycles. The average molecular weight is 648 g/mol. The molecule has 9 aromatic rings. The van der Waals surface area contributed by atoms with E-state index in [0.29, 0.717) is 17.2 Å². The van der Waals surface area contributed by atoms with Crippen LogP contribution >= 0.6 is 11.3 Å². The van der Waals surface area contributed by atoms with E-state index in [1.165, 1.54) is 0 Å². The summed E-state index contributed by atoms with van der Waals surface area (Å²) in [4.78, 5) is 14.7. The lowest BCUT2D eigenvalue weighted by molar-refractivity contribution is 1.07. The Labute approximate surface area is 294 Å². The van der Waals surface area contributed by atoms with Gasteiger partial charge >= 0.3 is 0 Å². The molecule has 0 N–H and O–H groups in total. The first-order valence-electron chi connectivity index (χ1n) is 18.0. The molecule has 0 fully saturated rings. The van der Waals surface area contributed by atoms with Gasteiger partial charge in [-0.1, -0.05) is 158 Å². The standard InChI is InChI=1S/C45H29N3S/c1-3-11-30(12-4-1)32-21-25-34(26-22-32)43-46-44(35-27-23-33(24-28-35)31-13-5-2-6-14-31)48-45(47-43)37-16-9-15-36(29-37)38-18-10-20-41-42(38)39-17-7-8-19-40(39)49-41/h1-29H/i9D,15D,16D,29D. The number of hydrogen-bond acceptors (Lipinski definition) is 4. The van der Waals surface area contributed by atoms with Crippen molar-refractivity contribution in [3.05, 3.63) is 176 Å². The van der Waals surface area contributed by atoms with Crippen LogP contribution in [0.3, 0.4) is 0 Å². The number of thiophene rings is 1. The largest absolute Gasteiger partial charge is 0.208 e. The second kappa shape index (κ2) is 12.4. The molecule has 0 spiro atoms. The summed E-state index contributed by atoms with van der Waals surface area (Å²) in [6.07, 6.45) is 0. The summed E-state index contributed by atoms with van der Waals surface area (Å²) in [5.41, 5.74) is 6.80. The maximum atomic E-state index is 9.61. The van der Waals surface area contributed by atoms with Gasteiger partial charge in [-0.2, -0.15) is 0 Å². The summed E-state index contributed by atoms with van der Waals surface area (Å²) in [7, 11) is 0. The predicted molar refractivity (Wildman–Crippen MR) is 205 cm³/mol. The van der Waals surface area contributed by atoms with Crippen LogP contribution in [0.25, 0.3) is 87.7 Å². The van der Waals surface area contributed by atoms with E-state index in [-0.39, 0.29) is 41.1 Å². The van der Waals surface area contributed by atoms with Crippen molar-refractivity contribution in [1.82, 2.24) is 15.0 Å². The number of aromatic nitrogens is 3. The number of nitrogens with zero attached hydrogens (tertiary/aromatic N) is 3. The van der Waals surface area contributed by atoms with Crippen molar-refractivity contribution in [3.63, 3.8) is 0 Å². The second-order valence-electron chi connectivity index (χ2n) is 11.7. The Morgan fingerprint density at radius 1 is 0.388 bits per heavy atom. The molecule has 0 amide bonds. The molecule has 0 atom stereocenters. The van der Waals surface area contributed by atoms with E-state index >= 15 is 0 Å². The third kappa shape index (κ3) is 5.58. The van der Waals surface area contributed by atoms with Crippen LogP contribution in [0.2, 0.25) is 0 Å². The second-order valence-corrected chi connectivity index (χ2v) is 12.8. The first-order chi connectivity index (χ1) is 25.9. The Morgan fingerprint density at radius 2 is 0.857 bits per heavy atom. The fourth-order valence-electron chi connectivity index (χ4n) is 6.20. The summed E-state index contributed by atoms with van der Waals surface area (Å²) in [6, 6.07) is 49.3. The van der Waals surface area contributed by atoms with Crippen LogP contribution in [0.1, 0.15) is 5.48 Å². The highest BCUT2D eigenvalue weighted by Crippen LogP contribution is 2.40. The molecular weight excluding hydrogens is 615 g/mol. The van der Waals surface area contributed by atoms with Crippen molar-refractivity contribution in [2.75, 3.05) is 0 Å². The summed E-state index contributed by atoms with van der Waals surface area (Å²) >= 11 is 1.65. The molecular formula is C45H29N3S. The molecule has 0 radical (unpaired) electrons. The smallest absolute Gasteiger partial charge is 0.164 e. The van der Waals surface area contributed by atoms with Gasteiger partial charge in [0.25, 0.3) is 0 Å². The minimum Gasteiger partial charge on any atom is -0.208 e. The summed E-state index contributed by atoms with van der Waals surface area (Å²) in [5, 5.41) is 1.94. The topological polar surface area (TPSA) is 38.7 Å². The first-order valence-corrected chi connectivity index (χ1v) is 16.9. The van der Waals surface area contributed by atoms with Crippen LogP contribution in [-0.2, 0) is 0 Å². The van der Waals surface area contributed by atoms with E-state index in [2.05, 4.69) is 30.3 Å². The Kier molecular flexibility index (Phi) is 6.30. The number of fused-ring (bicyclic) bond motifs is 3. The van der Waals surface area contributed by atoms with Crippen LogP contribution in [0, 0.1) is 0 Å². The van der Waals surface area contributed by atoms with E-state index in [0.717, 1.165) is 53.6 Å². The van der Waals surface area contributed by atoms with Gasteiger partial charge in [0.2, 0.25) is 0 Å². The van der Waals surface area contributed by atoms with Crippen LogP contribution in [0.4, 0.5) is 0 Å². The molecule has 0 unspecified atom stereocenters. The van der Waals surface area contributed by atoms with Crippen LogP contribution in [-0.4, -0.2) is 15.0 Å². The lowest BCUT2D eigenvalue weighted by Gasteiger charge is -2.11. The number of benzene rings is 7. The molecule has 230 valence electrons. The first kappa shape index (κ1) is 24.9. The highest BCUT2D eigenvalue weighted by Gasteiger charge is 2.15. The molecule has 9 rings (SSSR count). The van der Waals surface area contributed by atoms with Crippen LogP contribution in [0.5, 0.6) is 0 Å². The Balaban J connectivity index is 1.25. The van der Waals surface area contributed by atoms with Crippen molar-refractivity contribution in [2.24, 2.45) is 0 Å². The molecule has 3 nitrogen and oxygen atoms in total. The van der Waals surface area contributed by atoms with Gasteiger partial charge in [0, 0.05) is 36.9 Å². The molecule has 7 aromatic carbocycles. The normalized spacial score (nSPS) is 12.4. The van der Waals surface area contributed by atoms with E-state index in [4.69, 9.17) is 19.1 Å². The lowest BCUT2D eigenvalue weighted by atomic mass is 9.98. The van der Waals surface area contributed by atoms with Gasteiger partial charge in [-0.3, -0.25) is 0 Å². The molecule has 4 heteroatoms. The summed E-state index contributed by atoms with van der Waals surface area (Å²) in [5.74, 6) is 0.866. The third-order valence-electron chi connectivity index (χ3n) is 8.66. The van der Waals surface area contributed by atoms with Gasteiger partial charge in [0.05, 0.1) is 5.48 Å². The Morgan fingerprint density at radius 3 is 1.47 bits per heavy atom. The monoisotopic (exact) mass is 647 g/mol. The van der Waals surface area contributed by atoms with Gasteiger partial charge in [-0.15, -0.1) is 11.3 Å². The van der Waals surface area contributed by atoms with Gasteiger partial charge in [0.15, 0.2) is 17.5 Å². The van der Waals surface area contributed by atoms with Crippen LogP contribution in [0.15, 0.2) is 176 Å². The van der Waals surface area contributed by atoms with Gasteiger partial charge in [-0.25, -0.2) is 15.0 Å². The van der Waals surface area contributed by atoms with Crippen molar-refractivity contribution in [2.45, 2.75) is 0 Å². The highest BCUT2D eigenvalue weighted by atomic mass is 32.1. The van der Waals surface area contributed by atoms with Crippen molar-refractivity contribution >= 4 is 31.5 Å². The van der Waals surface area contributed by atoms with Gasteiger partial charge in [0.1, 0.15) is 0 Å². The van der Waals surface area contributed by atoms with Crippen molar-refractivity contribution in [3.8, 4) is 67.5 Å². The molecule has 0 aliphatic heterocycles. The van der Waals surface area contributed by atoms with E-state index < -0.39 is 0 Å². The van der Waals surface area contributed by atoms with Gasteiger partial charge in [-0.05, 0) is 51.6 Å². The molecule has 0 bridgehead atoms. The van der Waals surface area contributed by atoms with Gasteiger partial charge < -0.3 is 0 Å². The highest BCUT2D eigenvalue weighted by molar-refractivity contribution is 7.25. The van der Waals surface area contributed by atoms with E-state index in [1.807, 2.05) is 121 Å². The Hall–Kier alpha value is -6.23. The molecule has 49 heavy (non-hydrogen) atoms. The molecule has 2 heterocycles. The van der Waals surface area contributed by atoms with E-state index in [9.17, 15) is 1.37 Å². The van der Waals surface area contributed by atoms with Crippen molar-refractivity contribution in [1.29, 1.82) is 0 Å². The lowest BCUT2D eigenvalue weighted by Crippen LogP contribution is -2.00. The zero-order chi connectivity index (χ0) is 36.1. The molecule has 0 saturated heterocycles. The average Bonchev–Trinajstić information content (AvgIpc) is 3.60. The molecule has 0 saturated carbocycles. The fraction of sp³-hybridized carbons (Fsp3) is 0. The van der Waals surface area contributed by atoms with Crippen LogP contribution < -0.4 is 0 Å². The van der Waals surface area contributed by atoms with Crippen molar-refractivity contribution < 1.29 is 5.48 Å². The maximum Gasteiger partial charge on any atom is 0.164 e. The Bertz CT molecular complexity index is 2700. The zero-order valence-corrected chi connectivity index (χ0v) is 27.0. The fourth-order valence-corrected chi connectivity index (χ4v) is 7.34. The minimum atomic E-state index is -0.287. The summed E-state index contributed by atoms with van der Waals surface area (Å²) in [6.45, 7) is 0. The minimum absolute atomic E-state index is 0.0688. The predicted octanol–water partition coefficient (Wildman–Crippen LogP) is 12.2. The molecule has 2 aromatic heterocycles. The maximum absolute atomic E-state index is 9.61. The zero-order valence-electron chi connectivity index (χ0n) is 30.2. The SMILES string of the molecule is [2H]c1c([2H])c(-c2nc(-c3ccc(-c4ccccc4)cc3)nc(-c3ccc(-c4ccccc4)cc3)n2)c([2H])c(-c2cccc3sc4ccccc4c23)c1[2H]. The third-order valence-corrected chi connectivity index (χ3v) is 9.79. The quantitative estimate of drug-likeness (QED) is 0.180. The molecule has 0 aliphatic rings. The number of rotatable bonds is 6. The number of hydrogen-bond donors (Lipinski definition) is 0.